The van der Waals surface area contributed by atoms with Crippen molar-refractivity contribution in [3.05, 3.63) is 23.8 Å². The predicted molar refractivity (Wildman–Crippen MR) is 88.7 cm³/mol. The zero-order valence-electron chi connectivity index (χ0n) is 14.1. The maximum Gasteiger partial charge on any atom is 0.348 e. The van der Waals surface area contributed by atoms with Crippen molar-refractivity contribution in [2.24, 2.45) is 0 Å². The van der Waals surface area contributed by atoms with Crippen LogP contribution in [0.2, 0.25) is 0 Å². The molecule has 2 aliphatic heterocycles. The number of amides is 2. The zero-order chi connectivity index (χ0) is 18.8. The summed E-state index contributed by atoms with van der Waals surface area (Å²) in [5, 5.41) is 12.1. The Kier molecular flexibility index (Phi) is 4.90. The average molecular weight is 362 g/mol. The van der Waals surface area contributed by atoms with E-state index in [0.717, 1.165) is 12.5 Å². The highest BCUT2D eigenvalue weighted by Crippen LogP contribution is 2.33. The van der Waals surface area contributed by atoms with Crippen LogP contribution < -0.4 is 10.2 Å². The summed E-state index contributed by atoms with van der Waals surface area (Å²) >= 11 is 0. The number of carbonyl (C=O) groups is 4. The lowest BCUT2D eigenvalue weighted by Crippen LogP contribution is -2.56. The Morgan fingerprint density at radius 2 is 2.12 bits per heavy atom. The number of fused-ring (bicyclic) bond motifs is 1. The Labute approximate surface area is 148 Å². The number of hydrogen-bond donors (Lipinski definition) is 2. The van der Waals surface area contributed by atoms with Crippen LogP contribution in [-0.2, 0) is 35.1 Å². The van der Waals surface area contributed by atoms with Gasteiger partial charge in [-0.05, 0) is 24.1 Å². The smallest absolute Gasteiger partial charge is 0.348 e. The molecule has 0 spiro atoms. The van der Waals surface area contributed by atoms with Gasteiger partial charge in [0.2, 0.25) is 12.0 Å². The van der Waals surface area contributed by atoms with Gasteiger partial charge in [0.1, 0.15) is 0 Å². The molecular formula is C17H18N2O7. The van der Waals surface area contributed by atoms with Crippen LogP contribution in [0.15, 0.2) is 18.2 Å². The van der Waals surface area contributed by atoms with Crippen molar-refractivity contribution < 1.29 is 33.8 Å². The molecule has 26 heavy (non-hydrogen) atoms. The lowest BCUT2D eigenvalue weighted by molar-refractivity contribution is -0.177. The molecule has 138 valence electrons. The molecule has 1 saturated heterocycles. The summed E-state index contributed by atoms with van der Waals surface area (Å²) < 4.78 is 10.1. The minimum Gasteiger partial charge on any atom is -0.478 e. The van der Waals surface area contributed by atoms with Crippen molar-refractivity contribution in [2.75, 3.05) is 23.4 Å². The number of ether oxygens (including phenoxy) is 2. The van der Waals surface area contributed by atoms with E-state index in [1.54, 1.807) is 18.2 Å². The van der Waals surface area contributed by atoms with Gasteiger partial charge in [0.25, 0.3) is 5.91 Å². The van der Waals surface area contributed by atoms with E-state index in [9.17, 15) is 24.3 Å². The molecule has 0 aliphatic carbocycles. The van der Waals surface area contributed by atoms with E-state index in [4.69, 9.17) is 9.47 Å². The van der Waals surface area contributed by atoms with E-state index in [1.807, 2.05) is 0 Å². The van der Waals surface area contributed by atoms with Gasteiger partial charge in [-0.15, -0.1) is 0 Å². The maximum absolute atomic E-state index is 12.9. The molecule has 2 amide bonds. The summed E-state index contributed by atoms with van der Waals surface area (Å²) in [6.45, 7) is 1.39. The quantitative estimate of drug-likeness (QED) is 0.740. The zero-order valence-corrected chi connectivity index (χ0v) is 14.1. The van der Waals surface area contributed by atoms with Gasteiger partial charge >= 0.3 is 11.9 Å². The highest BCUT2D eigenvalue weighted by molar-refractivity contribution is 6.03. The Morgan fingerprint density at radius 1 is 1.35 bits per heavy atom. The van der Waals surface area contributed by atoms with Crippen LogP contribution in [0.4, 0.5) is 11.4 Å². The molecule has 9 heteroatoms. The third kappa shape index (κ3) is 3.38. The number of hydrogen-bond acceptors (Lipinski definition) is 6. The van der Waals surface area contributed by atoms with Crippen molar-refractivity contribution in [3.63, 3.8) is 0 Å². The summed E-state index contributed by atoms with van der Waals surface area (Å²) in [5.74, 6) is -2.97. The van der Waals surface area contributed by atoms with E-state index in [1.165, 1.54) is 4.90 Å². The largest absolute Gasteiger partial charge is 0.478 e. The lowest BCUT2D eigenvalue weighted by Gasteiger charge is -2.36. The number of esters is 1. The molecule has 3 rings (SSSR count). The number of morpholine rings is 1. The van der Waals surface area contributed by atoms with Gasteiger partial charge in [-0.2, -0.15) is 0 Å². The number of anilines is 2. The van der Waals surface area contributed by atoms with E-state index < -0.39 is 30.1 Å². The molecule has 2 N–H and O–H groups in total. The number of nitrogens with one attached hydrogen (secondary N) is 1. The predicted octanol–water partition coefficient (Wildman–Crippen LogP) is 0.319. The second-order valence-corrected chi connectivity index (χ2v) is 6.00. The fraction of sp³-hybridized carbons (Fsp3) is 0.412. The molecule has 2 aliphatic rings. The van der Waals surface area contributed by atoms with E-state index in [2.05, 4.69) is 5.32 Å². The maximum atomic E-state index is 12.9. The third-order valence-electron chi connectivity index (χ3n) is 4.25. The first-order valence-corrected chi connectivity index (χ1v) is 8.13. The van der Waals surface area contributed by atoms with Crippen molar-refractivity contribution >= 4 is 35.1 Å². The molecule has 0 aromatic heterocycles. The van der Waals surface area contributed by atoms with Crippen LogP contribution in [0.5, 0.6) is 0 Å². The van der Waals surface area contributed by atoms with Crippen molar-refractivity contribution in [3.8, 4) is 0 Å². The highest BCUT2D eigenvalue weighted by atomic mass is 16.6. The van der Waals surface area contributed by atoms with Crippen LogP contribution in [0.25, 0.3) is 0 Å². The minimum atomic E-state index is -1.72. The summed E-state index contributed by atoms with van der Waals surface area (Å²) in [6.07, 6.45) is -2.38. The van der Waals surface area contributed by atoms with Crippen LogP contribution in [0.1, 0.15) is 18.9 Å². The van der Waals surface area contributed by atoms with Crippen LogP contribution in [-0.4, -0.2) is 54.2 Å². The fourth-order valence-corrected chi connectivity index (χ4v) is 3.14. The van der Waals surface area contributed by atoms with Gasteiger partial charge < -0.3 is 24.8 Å². The molecule has 9 nitrogen and oxygen atoms in total. The van der Waals surface area contributed by atoms with Gasteiger partial charge in [-0.25, -0.2) is 4.79 Å². The van der Waals surface area contributed by atoms with Gasteiger partial charge in [-0.1, -0.05) is 6.07 Å². The molecule has 2 atom stereocenters. The average Bonchev–Trinajstić information content (AvgIpc) is 2.59. The molecule has 1 unspecified atom stereocenters. The monoisotopic (exact) mass is 362 g/mol. The Hall–Kier alpha value is -2.94. The van der Waals surface area contributed by atoms with E-state index in [0.29, 0.717) is 24.2 Å². The third-order valence-corrected chi connectivity index (χ3v) is 4.25. The van der Waals surface area contributed by atoms with Crippen molar-refractivity contribution in [1.82, 2.24) is 0 Å². The number of benzene rings is 1. The molecule has 1 fully saturated rings. The SMILES string of the molecule is CC(=O)O[C@@H](C(=O)O)C1OCCN(c2cccc3c2CCC(=O)N3)C1=O. The van der Waals surface area contributed by atoms with Gasteiger partial charge in [-0.3, -0.25) is 14.4 Å². The Bertz CT molecular complexity index is 776. The van der Waals surface area contributed by atoms with Gasteiger partial charge in [0, 0.05) is 31.3 Å². The number of carboxylic acid groups (broad SMARTS) is 1. The van der Waals surface area contributed by atoms with Crippen molar-refractivity contribution in [2.45, 2.75) is 32.0 Å². The Morgan fingerprint density at radius 3 is 2.81 bits per heavy atom. The summed E-state index contributed by atoms with van der Waals surface area (Å²) in [6, 6.07) is 5.19. The number of carboxylic acids is 1. The van der Waals surface area contributed by atoms with Gasteiger partial charge in [0.05, 0.1) is 6.61 Å². The first-order valence-electron chi connectivity index (χ1n) is 8.13. The standard InChI is InChI=1S/C17H18N2O7/c1-9(20)26-15(17(23)24)14-16(22)19(7-8-25-14)12-4-2-3-11-10(12)5-6-13(21)18-11/h2-4,14-15H,5-8H2,1H3,(H,18,21)(H,23,24)/t14?,15-/m1/s1. The first kappa shape index (κ1) is 17.9. The number of aliphatic carboxylic acids is 1. The van der Waals surface area contributed by atoms with Crippen LogP contribution >= 0.6 is 0 Å². The molecule has 0 bridgehead atoms. The fourth-order valence-electron chi connectivity index (χ4n) is 3.14. The lowest BCUT2D eigenvalue weighted by atomic mass is 9.99. The van der Waals surface area contributed by atoms with Crippen LogP contribution in [0, 0.1) is 0 Å². The summed E-state index contributed by atoms with van der Waals surface area (Å²) in [7, 11) is 0. The number of rotatable bonds is 4. The van der Waals surface area contributed by atoms with Crippen LogP contribution in [0.3, 0.4) is 0 Å². The number of nitrogens with zero attached hydrogens (tertiary/aromatic N) is 1. The second kappa shape index (κ2) is 7.12. The highest BCUT2D eigenvalue weighted by Gasteiger charge is 2.43. The summed E-state index contributed by atoms with van der Waals surface area (Å²) in [5.41, 5.74) is 2.03. The molecule has 1 aromatic rings. The normalized spacial score (nSPS) is 20.8. The van der Waals surface area contributed by atoms with Gasteiger partial charge in [0.15, 0.2) is 6.10 Å². The molecule has 0 saturated carbocycles. The van der Waals surface area contributed by atoms with Crippen molar-refractivity contribution in [1.29, 1.82) is 0 Å². The Balaban J connectivity index is 1.91. The molecule has 1 aromatic carbocycles. The molecule has 2 heterocycles. The number of carbonyl (C=O) groups excluding carboxylic acids is 3. The topological polar surface area (TPSA) is 122 Å². The molecular weight excluding hydrogens is 344 g/mol. The molecule has 0 radical (unpaired) electrons. The van der Waals surface area contributed by atoms with E-state index >= 15 is 0 Å². The first-order chi connectivity index (χ1) is 12.4. The summed E-state index contributed by atoms with van der Waals surface area (Å²) in [4.78, 5) is 48.4. The minimum absolute atomic E-state index is 0.0947. The van der Waals surface area contributed by atoms with E-state index in [-0.39, 0.29) is 19.1 Å². The second-order valence-electron chi connectivity index (χ2n) is 6.00.